The molecule has 0 saturated heterocycles. The highest BCUT2D eigenvalue weighted by atomic mass is 35.5. The summed E-state index contributed by atoms with van der Waals surface area (Å²) >= 11 is 5.78. The van der Waals surface area contributed by atoms with Gasteiger partial charge < -0.3 is 4.98 Å². The lowest BCUT2D eigenvalue weighted by molar-refractivity contribution is 1.24. The van der Waals surface area contributed by atoms with Gasteiger partial charge in [0.2, 0.25) is 5.56 Å². The van der Waals surface area contributed by atoms with Crippen LogP contribution in [-0.4, -0.2) is 4.98 Å². The Balaban J connectivity index is 2.54. The monoisotopic (exact) mass is 219 g/mol. The lowest BCUT2D eigenvalue weighted by Crippen LogP contribution is -2.03. The highest BCUT2D eigenvalue weighted by molar-refractivity contribution is 6.29. The Labute approximate surface area is 92.5 Å². The first-order valence-corrected chi connectivity index (χ1v) is 5.00. The quantitative estimate of drug-likeness (QED) is 0.735. The van der Waals surface area contributed by atoms with Gasteiger partial charge in [-0.15, -0.1) is 0 Å². The van der Waals surface area contributed by atoms with Crippen LogP contribution >= 0.6 is 11.6 Å². The zero-order chi connectivity index (χ0) is 10.8. The van der Waals surface area contributed by atoms with E-state index in [1.165, 1.54) is 11.6 Å². The minimum absolute atomic E-state index is 0.182. The summed E-state index contributed by atoms with van der Waals surface area (Å²) in [6.07, 6.45) is 0. The number of H-pyrrole nitrogens is 1. The van der Waals surface area contributed by atoms with Gasteiger partial charge in [0, 0.05) is 6.07 Å². The predicted molar refractivity (Wildman–Crippen MR) is 62.2 cm³/mol. The Morgan fingerprint density at radius 2 is 1.73 bits per heavy atom. The molecule has 1 aromatic carbocycles. The smallest absolute Gasteiger partial charge is 0.249 e. The molecule has 0 spiro atoms. The van der Waals surface area contributed by atoms with Crippen LogP contribution in [0.5, 0.6) is 0 Å². The first kappa shape index (κ1) is 9.99. The van der Waals surface area contributed by atoms with Crippen molar-refractivity contribution < 1.29 is 0 Å². The molecule has 2 nitrogen and oxygen atoms in total. The number of pyridine rings is 1. The Morgan fingerprint density at radius 3 is 2.33 bits per heavy atom. The summed E-state index contributed by atoms with van der Waals surface area (Å²) in [7, 11) is 0. The number of nitrogens with one attached hydrogen (secondary N) is 1. The first-order chi connectivity index (χ1) is 7.15. The van der Waals surface area contributed by atoms with E-state index in [4.69, 9.17) is 11.6 Å². The number of aromatic nitrogens is 1. The van der Waals surface area contributed by atoms with Gasteiger partial charge in [-0.05, 0) is 24.1 Å². The minimum Gasteiger partial charge on any atom is -0.313 e. The van der Waals surface area contributed by atoms with Crippen LogP contribution in [0.2, 0.25) is 5.15 Å². The van der Waals surface area contributed by atoms with E-state index in [0.29, 0.717) is 5.15 Å². The van der Waals surface area contributed by atoms with Gasteiger partial charge in [-0.3, -0.25) is 4.79 Å². The summed E-state index contributed by atoms with van der Waals surface area (Å²) in [6, 6.07) is 11.2. The van der Waals surface area contributed by atoms with Gasteiger partial charge in [0.25, 0.3) is 0 Å². The lowest BCUT2D eigenvalue weighted by Gasteiger charge is -2.01. The van der Waals surface area contributed by atoms with Gasteiger partial charge in [-0.25, -0.2) is 0 Å². The molecule has 0 aliphatic heterocycles. The second kappa shape index (κ2) is 3.91. The summed E-state index contributed by atoms with van der Waals surface area (Å²) in [5, 5.41) is 0.359. The van der Waals surface area contributed by atoms with Crippen molar-refractivity contribution in [3.63, 3.8) is 0 Å². The van der Waals surface area contributed by atoms with E-state index in [1.807, 2.05) is 31.2 Å². The maximum atomic E-state index is 11.2. The minimum atomic E-state index is -0.182. The SMILES string of the molecule is Cc1ccc(-c2cc(Cl)[nH]c(=O)c2)cc1. The van der Waals surface area contributed by atoms with Crippen LogP contribution in [0.25, 0.3) is 11.1 Å². The van der Waals surface area contributed by atoms with E-state index in [2.05, 4.69) is 4.98 Å². The molecule has 0 aliphatic carbocycles. The van der Waals surface area contributed by atoms with E-state index >= 15 is 0 Å². The summed E-state index contributed by atoms with van der Waals surface area (Å²) in [5.41, 5.74) is 2.84. The molecular weight excluding hydrogens is 210 g/mol. The van der Waals surface area contributed by atoms with E-state index in [1.54, 1.807) is 6.07 Å². The third-order valence-corrected chi connectivity index (χ3v) is 2.40. The van der Waals surface area contributed by atoms with Crippen molar-refractivity contribution in [3.05, 3.63) is 57.5 Å². The molecule has 2 aromatic rings. The van der Waals surface area contributed by atoms with E-state index in [9.17, 15) is 4.79 Å². The Kier molecular flexibility index (Phi) is 2.60. The van der Waals surface area contributed by atoms with Crippen LogP contribution in [0, 0.1) is 6.92 Å². The molecule has 0 amide bonds. The molecule has 1 aromatic heterocycles. The first-order valence-electron chi connectivity index (χ1n) is 4.62. The predicted octanol–water partition coefficient (Wildman–Crippen LogP) is 3.00. The zero-order valence-electron chi connectivity index (χ0n) is 8.25. The van der Waals surface area contributed by atoms with Crippen molar-refractivity contribution in [2.75, 3.05) is 0 Å². The zero-order valence-corrected chi connectivity index (χ0v) is 9.01. The molecule has 0 aliphatic rings. The van der Waals surface area contributed by atoms with Crippen molar-refractivity contribution in [1.82, 2.24) is 4.98 Å². The van der Waals surface area contributed by atoms with E-state index in [-0.39, 0.29) is 5.56 Å². The van der Waals surface area contributed by atoms with Crippen molar-refractivity contribution in [3.8, 4) is 11.1 Å². The Morgan fingerprint density at radius 1 is 1.07 bits per heavy atom. The molecule has 0 saturated carbocycles. The van der Waals surface area contributed by atoms with E-state index in [0.717, 1.165) is 11.1 Å². The van der Waals surface area contributed by atoms with Crippen molar-refractivity contribution >= 4 is 11.6 Å². The van der Waals surface area contributed by atoms with E-state index < -0.39 is 0 Å². The van der Waals surface area contributed by atoms with Gasteiger partial charge in [-0.2, -0.15) is 0 Å². The number of benzene rings is 1. The number of aromatic amines is 1. The molecule has 1 N–H and O–H groups in total. The standard InChI is InChI=1S/C12H10ClNO/c1-8-2-4-9(5-3-8)10-6-11(13)14-12(15)7-10/h2-7H,1H3,(H,14,15). The fraction of sp³-hybridized carbons (Fsp3) is 0.0833. The topological polar surface area (TPSA) is 32.9 Å². The number of hydrogen-bond acceptors (Lipinski definition) is 1. The summed E-state index contributed by atoms with van der Waals surface area (Å²) < 4.78 is 0. The van der Waals surface area contributed by atoms with Crippen LogP contribution in [0.1, 0.15) is 5.56 Å². The second-order valence-corrected chi connectivity index (χ2v) is 3.85. The molecule has 0 radical (unpaired) electrons. The molecular formula is C12H10ClNO. The van der Waals surface area contributed by atoms with Crippen LogP contribution in [0.15, 0.2) is 41.2 Å². The van der Waals surface area contributed by atoms with Crippen molar-refractivity contribution in [1.29, 1.82) is 0 Å². The van der Waals surface area contributed by atoms with Crippen LogP contribution in [0.3, 0.4) is 0 Å². The molecule has 1 heterocycles. The van der Waals surface area contributed by atoms with Gasteiger partial charge in [0.05, 0.1) is 0 Å². The number of hydrogen-bond donors (Lipinski definition) is 1. The molecule has 3 heteroatoms. The highest BCUT2D eigenvalue weighted by Gasteiger charge is 2.00. The van der Waals surface area contributed by atoms with Gasteiger partial charge in [0.1, 0.15) is 5.15 Å². The summed E-state index contributed by atoms with van der Waals surface area (Å²) in [5.74, 6) is 0. The van der Waals surface area contributed by atoms with Crippen LogP contribution in [0.4, 0.5) is 0 Å². The average Bonchev–Trinajstić information content (AvgIpc) is 2.17. The number of aryl methyl sites for hydroxylation is 1. The van der Waals surface area contributed by atoms with Crippen LogP contribution < -0.4 is 5.56 Å². The Bertz CT molecular complexity index is 528. The van der Waals surface area contributed by atoms with Crippen LogP contribution in [-0.2, 0) is 0 Å². The maximum Gasteiger partial charge on any atom is 0.249 e. The third-order valence-electron chi connectivity index (χ3n) is 2.20. The largest absolute Gasteiger partial charge is 0.313 e. The van der Waals surface area contributed by atoms with Gasteiger partial charge in [0.15, 0.2) is 0 Å². The molecule has 0 atom stereocenters. The molecule has 76 valence electrons. The summed E-state index contributed by atoms with van der Waals surface area (Å²) in [4.78, 5) is 13.7. The van der Waals surface area contributed by atoms with Gasteiger partial charge in [-0.1, -0.05) is 41.4 Å². The van der Waals surface area contributed by atoms with Gasteiger partial charge >= 0.3 is 0 Å². The molecule has 0 unspecified atom stereocenters. The normalized spacial score (nSPS) is 10.3. The fourth-order valence-electron chi connectivity index (χ4n) is 1.42. The van der Waals surface area contributed by atoms with Crippen molar-refractivity contribution in [2.24, 2.45) is 0 Å². The Hall–Kier alpha value is -1.54. The molecule has 0 fully saturated rings. The molecule has 2 rings (SSSR count). The third kappa shape index (κ3) is 2.28. The van der Waals surface area contributed by atoms with Crippen molar-refractivity contribution in [2.45, 2.75) is 6.92 Å². The molecule has 0 bridgehead atoms. The second-order valence-electron chi connectivity index (χ2n) is 3.45. The average molecular weight is 220 g/mol. The maximum absolute atomic E-state index is 11.2. The number of halogens is 1. The summed E-state index contributed by atoms with van der Waals surface area (Å²) in [6.45, 7) is 2.02. The fourth-order valence-corrected chi connectivity index (χ4v) is 1.63. The lowest BCUT2D eigenvalue weighted by atomic mass is 10.1. The number of rotatable bonds is 1. The highest BCUT2D eigenvalue weighted by Crippen LogP contribution is 2.19. The molecule has 15 heavy (non-hydrogen) atoms.